The van der Waals surface area contributed by atoms with Crippen molar-refractivity contribution < 1.29 is 4.79 Å². The smallest absolute Gasteiger partial charge is 0.337 e. The zero-order valence-corrected chi connectivity index (χ0v) is 8.82. The second-order valence-corrected chi connectivity index (χ2v) is 3.00. The van der Waals surface area contributed by atoms with Crippen molar-refractivity contribution in [2.24, 2.45) is 12.8 Å². The van der Waals surface area contributed by atoms with E-state index < -0.39 is 11.7 Å². The van der Waals surface area contributed by atoms with Gasteiger partial charge in [0.2, 0.25) is 0 Å². The van der Waals surface area contributed by atoms with Crippen molar-refractivity contribution in [3.63, 3.8) is 0 Å². The van der Waals surface area contributed by atoms with Crippen molar-refractivity contribution in [1.82, 2.24) is 9.13 Å². The van der Waals surface area contributed by atoms with Crippen LogP contribution < -0.4 is 11.4 Å². The number of aromatic nitrogens is 2. The fourth-order valence-electron chi connectivity index (χ4n) is 1.51. The first-order chi connectivity index (χ1) is 6.63. The normalized spacial score (nSPS) is 9.93. The number of halogens is 1. The molecule has 0 atom stereocenters. The van der Waals surface area contributed by atoms with Crippen molar-refractivity contribution in [2.75, 3.05) is 0 Å². The van der Waals surface area contributed by atoms with Crippen LogP contribution in [0.5, 0.6) is 0 Å². The molecule has 5 nitrogen and oxygen atoms in total. The number of imidazole rings is 1. The van der Waals surface area contributed by atoms with Crippen LogP contribution in [0.15, 0.2) is 29.1 Å². The molecule has 0 fully saturated rings. The molecular formula is C9H10ClN3O2. The predicted octanol–water partition coefficient (Wildman–Crippen LogP) is 0.689. The van der Waals surface area contributed by atoms with E-state index in [4.69, 9.17) is 5.73 Å². The summed E-state index contributed by atoms with van der Waals surface area (Å²) in [7, 11) is 1.60. The minimum atomic E-state index is -0.758. The molecule has 0 saturated carbocycles. The van der Waals surface area contributed by atoms with Crippen molar-refractivity contribution in [2.45, 2.75) is 0 Å². The lowest BCUT2D eigenvalue weighted by Gasteiger charge is -1.93. The number of aryl methyl sites for hydroxylation is 1. The van der Waals surface area contributed by atoms with E-state index in [2.05, 4.69) is 0 Å². The van der Waals surface area contributed by atoms with E-state index in [1.165, 1.54) is 4.57 Å². The number of carbonyl (C=O) groups excluding carboxylic acids is 1. The first-order valence-corrected chi connectivity index (χ1v) is 4.09. The van der Waals surface area contributed by atoms with Crippen LogP contribution in [0.25, 0.3) is 11.0 Å². The maximum Gasteiger partial charge on any atom is 0.337 e. The molecule has 1 heterocycles. The minimum Gasteiger partial charge on any atom is -0.351 e. The van der Waals surface area contributed by atoms with Gasteiger partial charge in [-0.15, -0.1) is 12.4 Å². The number of carbonyl (C=O) groups is 1. The SMILES string of the molecule is Cl.Cn1c(=O)n(C(N)=O)c2ccccc21. The Morgan fingerprint density at radius 1 is 1.27 bits per heavy atom. The summed E-state index contributed by atoms with van der Waals surface area (Å²) in [5, 5.41) is 0. The molecule has 0 unspecified atom stereocenters. The highest BCUT2D eigenvalue weighted by atomic mass is 35.5. The molecule has 0 aliphatic rings. The van der Waals surface area contributed by atoms with Gasteiger partial charge in [0.05, 0.1) is 11.0 Å². The lowest BCUT2D eigenvalue weighted by Crippen LogP contribution is -2.31. The standard InChI is InChI=1S/C9H9N3O2.ClH/c1-11-6-4-2-3-5-7(6)12(8(10)13)9(11)14;/h2-5H,1H3,(H2,10,13);1H. The number of primary amides is 1. The van der Waals surface area contributed by atoms with Gasteiger partial charge in [0.15, 0.2) is 0 Å². The largest absolute Gasteiger partial charge is 0.351 e. The Kier molecular flexibility index (Phi) is 2.85. The number of nitrogens with zero attached hydrogens (tertiary/aromatic N) is 2. The monoisotopic (exact) mass is 227 g/mol. The van der Waals surface area contributed by atoms with Gasteiger partial charge < -0.3 is 5.73 Å². The fourth-order valence-corrected chi connectivity index (χ4v) is 1.51. The van der Waals surface area contributed by atoms with Gasteiger partial charge in [-0.3, -0.25) is 4.57 Å². The van der Waals surface area contributed by atoms with E-state index in [0.717, 1.165) is 4.57 Å². The van der Waals surface area contributed by atoms with Crippen LogP contribution in [-0.4, -0.2) is 15.2 Å². The van der Waals surface area contributed by atoms with Crippen molar-refractivity contribution in [1.29, 1.82) is 0 Å². The third-order valence-corrected chi connectivity index (χ3v) is 2.18. The Bertz CT molecular complexity index is 570. The zero-order chi connectivity index (χ0) is 10.3. The lowest BCUT2D eigenvalue weighted by atomic mass is 10.3. The number of nitrogens with two attached hydrogens (primary N) is 1. The van der Waals surface area contributed by atoms with Crippen molar-refractivity contribution >= 4 is 29.5 Å². The molecule has 2 rings (SSSR count). The number of amides is 1. The lowest BCUT2D eigenvalue weighted by molar-refractivity contribution is 0.250. The predicted molar refractivity (Wildman–Crippen MR) is 59.4 cm³/mol. The van der Waals surface area contributed by atoms with Gasteiger partial charge >= 0.3 is 11.7 Å². The molecule has 1 amide bonds. The van der Waals surface area contributed by atoms with E-state index >= 15 is 0 Å². The maximum absolute atomic E-state index is 11.6. The van der Waals surface area contributed by atoms with Gasteiger partial charge in [0, 0.05) is 7.05 Å². The summed E-state index contributed by atoms with van der Waals surface area (Å²) in [6.45, 7) is 0. The number of benzene rings is 1. The average molecular weight is 228 g/mol. The van der Waals surface area contributed by atoms with Crippen LogP contribution in [-0.2, 0) is 7.05 Å². The molecule has 0 aliphatic heterocycles. The summed E-state index contributed by atoms with van der Waals surface area (Å²) < 4.78 is 2.34. The van der Waals surface area contributed by atoms with Crippen molar-refractivity contribution in [3.8, 4) is 0 Å². The second kappa shape index (κ2) is 3.78. The van der Waals surface area contributed by atoms with Crippen LogP contribution in [0.2, 0.25) is 0 Å². The molecule has 2 N–H and O–H groups in total. The quantitative estimate of drug-likeness (QED) is 0.719. The fraction of sp³-hybridized carbons (Fsp3) is 0.111. The highest BCUT2D eigenvalue weighted by molar-refractivity contribution is 5.88. The topological polar surface area (TPSA) is 70.0 Å². The van der Waals surface area contributed by atoms with Crippen LogP contribution in [0, 0.1) is 0 Å². The van der Waals surface area contributed by atoms with Crippen LogP contribution in [0.3, 0.4) is 0 Å². The van der Waals surface area contributed by atoms with Gasteiger partial charge in [-0.2, -0.15) is 0 Å². The number of rotatable bonds is 0. The van der Waals surface area contributed by atoms with Gasteiger partial charge in [-0.05, 0) is 12.1 Å². The Balaban J connectivity index is 0.00000112. The van der Waals surface area contributed by atoms with Gasteiger partial charge in [-0.1, -0.05) is 12.1 Å². The average Bonchev–Trinajstić information content (AvgIpc) is 2.41. The number of hydrogen-bond acceptors (Lipinski definition) is 2. The second-order valence-electron chi connectivity index (χ2n) is 3.00. The minimum absolute atomic E-state index is 0. The van der Waals surface area contributed by atoms with E-state index in [0.29, 0.717) is 11.0 Å². The summed E-state index contributed by atoms with van der Waals surface area (Å²) in [5.74, 6) is 0. The van der Waals surface area contributed by atoms with Crippen LogP contribution in [0.1, 0.15) is 0 Å². The zero-order valence-electron chi connectivity index (χ0n) is 8.01. The van der Waals surface area contributed by atoms with Gasteiger partial charge in [0.1, 0.15) is 0 Å². The van der Waals surface area contributed by atoms with E-state index in [1.807, 2.05) is 0 Å². The molecule has 1 aromatic heterocycles. The molecule has 2 aromatic rings. The van der Waals surface area contributed by atoms with Gasteiger partial charge in [-0.25, -0.2) is 14.2 Å². The first kappa shape index (κ1) is 11.3. The van der Waals surface area contributed by atoms with E-state index in [-0.39, 0.29) is 12.4 Å². The summed E-state index contributed by atoms with van der Waals surface area (Å²) in [4.78, 5) is 22.6. The van der Waals surface area contributed by atoms with E-state index in [9.17, 15) is 9.59 Å². The maximum atomic E-state index is 11.6. The summed E-state index contributed by atoms with van der Waals surface area (Å²) in [6.07, 6.45) is 0. The van der Waals surface area contributed by atoms with E-state index in [1.54, 1.807) is 31.3 Å². The molecule has 0 bridgehead atoms. The first-order valence-electron chi connectivity index (χ1n) is 4.09. The highest BCUT2D eigenvalue weighted by Crippen LogP contribution is 2.10. The van der Waals surface area contributed by atoms with Gasteiger partial charge in [0.25, 0.3) is 0 Å². The highest BCUT2D eigenvalue weighted by Gasteiger charge is 2.12. The van der Waals surface area contributed by atoms with Crippen LogP contribution >= 0.6 is 12.4 Å². The molecule has 80 valence electrons. The van der Waals surface area contributed by atoms with Crippen molar-refractivity contribution in [3.05, 3.63) is 34.7 Å². The molecule has 1 aromatic carbocycles. The molecule has 0 aliphatic carbocycles. The summed E-state index contributed by atoms with van der Waals surface area (Å²) >= 11 is 0. The number of hydrogen-bond donors (Lipinski definition) is 1. The molecule has 6 heteroatoms. The summed E-state index contributed by atoms with van der Waals surface area (Å²) in [5.41, 5.74) is 5.91. The Labute approximate surface area is 91.5 Å². The molecule has 15 heavy (non-hydrogen) atoms. The molecule has 0 saturated heterocycles. The number of para-hydroxylation sites is 2. The molecule has 0 spiro atoms. The number of fused-ring (bicyclic) bond motifs is 1. The Morgan fingerprint density at radius 2 is 1.80 bits per heavy atom. The Hall–Kier alpha value is -1.75. The molecular weight excluding hydrogens is 218 g/mol. The Morgan fingerprint density at radius 3 is 2.33 bits per heavy atom. The molecule has 0 radical (unpaired) electrons. The van der Waals surface area contributed by atoms with Crippen LogP contribution in [0.4, 0.5) is 4.79 Å². The third-order valence-electron chi connectivity index (χ3n) is 2.18. The summed E-state index contributed by atoms with van der Waals surface area (Å²) in [6, 6.07) is 6.23. The third kappa shape index (κ3) is 1.50.